The molecule has 0 radical (unpaired) electrons. The number of hydrogen-bond acceptors (Lipinski definition) is 9. The minimum Gasteiger partial charge on any atom is -0.462 e. The summed E-state index contributed by atoms with van der Waals surface area (Å²) in [7, 11) is 0. The van der Waals surface area contributed by atoms with Gasteiger partial charge in [0, 0.05) is 36.1 Å². The lowest BCUT2D eigenvalue weighted by Crippen LogP contribution is -2.35. The molecule has 3 aromatic rings. The Labute approximate surface area is 182 Å². The fourth-order valence-electron chi connectivity index (χ4n) is 3.84. The van der Waals surface area contributed by atoms with Crippen LogP contribution < -0.4 is 14.8 Å². The number of aromatic nitrogens is 1. The van der Waals surface area contributed by atoms with E-state index in [1.165, 1.54) is 16.2 Å². The highest BCUT2D eigenvalue weighted by atomic mass is 32.1. The SMILES string of the molecule is CCOC(=O)c1c(Nc2nc3cc4c(cc3s2)OCO4)sc2c1CCN(C(C)C)C2. The first-order valence-corrected chi connectivity index (χ1v) is 11.7. The van der Waals surface area contributed by atoms with Gasteiger partial charge in [0.05, 0.1) is 22.4 Å². The van der Waals surface area contributed by atoms with Crippen LogP contribution in [0.2, 0.25) is 0 Å². The van der Waals surface area contributed by atoms with Crippen molar-refractivity contribution in [1.29, 1.82) is 0 Å². The van der Waals surface area contributed by atoms with E-state index in [0.717, 1.165) is 51.2 Å². The maximum Gasteiger partial charge on any atom is 0.341 e. The van der Waals surface area contributed by atoms with Gasteiger partial charge in [0.1, 0.15) is 5.00 Å². The van der Waals surface area contributed by atoms with Gasteiger partial charge in [-0.1, -0.05) is 11.3 Å². The molecule has 158 valence electrons. The number of rotatable bonds is 5. The molecule has 4 heterocycles. The highest BCUT2D eigenvalue weighted by molar-refractivity contribution is 7.23. The Hall–Kier alpha value is -2.36. The molecule has 1 N–H and O–H groups in total. The Morgan fingerprint density at radius 1 is 1.30 bits per heavy atom. The topological polar surface area (TPSA) is 72.9 Å². The third-order valence-corrected chi connectivity index (χ3v) is 7.47. The maximum atomic E-state index is 12.8. The standard InChI is InChI=1S/C21H23N3O4S2/c1-4-26-20(25)18-12-5-6-24(11(2)3)9-17(12)29-19(18)23-21-22-13-7-14-15(28-10-27-14)8-16(13)30-21/h7-8,11H,4-6,9-10H2,1-3H3,(H,22,23). The first-order chi connectivity index (χ1) is 14.5. The van der Waals surface area contributed by atoms with Crippen molar-refractivity contribution in [3.63, 3.8) is 0 Å². The molecular formula is C21H23N3O4S2. The molecule has 0 amide bonds. The summed E-state index contributed by atoms with van der Waals surface area (Å²) >= 11 is 3.16. The van der Waals surface area contributed by atoms with Crippen LogP contribution in [-0.2, 0) is 17.7 Å². The zero-order valence-corrected chi connectivity index (χ0v) is 18.7. The van der Waals surface area contributed by atoms with Gasteiger partial charge in [0.2, 0.25) is 6.79 Å². The molecule has 0 atom stereocenters. The Morgan fingerprint density at radius 3 is 2.87 bits per heavy atom. The number of ether oxygens (including phenoxy) is 3. The molecule has 30 heavy (non-hydrogen) atoms. The van der Waals surface area contributed by atoms with E-state index in [9.17, 15) is 4.79 Å². The lowest BCUT2D eigenvalue weighted by molar-refractivity contribution is 0.0526. The number of nitrogens with one attached hydrogen (secondary N) is 1. The van der Waals surface area contributed by atoms with Crippen LogP contribution in [0.1, 0.15) is 41.6 Å². The number of hydrogen-bond donors (Lipinski definition) is 1. The number of nitrogens with zero attached hydrogens (tertiary/aromatic N) is 2. The predicted octanol–water partition coefficient (Wildman–Crippen LogP) is 4.77. The molecule has 2 aromatic heterocycles. The molecule has 0 bridgehead atoms. The van der Waals surface area contributed by atoms with Gasteiger partial charge in [-0.15, -0.1) is 11.3 Å². The molecule has 0 saturated heterocycles. The Kier molecular flexibility index (Phi) is 5.04. The summed E-state index contributed by atoms with van der Waals surface area (Å²) in [5.41, 5.74) is 2.62. The molecule has 1 aromatic carbocycles. The third kappa shape index (κ3) is 3.40. The van der Waals surface area contributed by atoms with E-state index in [1.807, 2.05) is 19.1 Å². The van der Waals surface area contributed by atoms with Crippen LogP contribution in [0.25, 0.3) is 10.2 Å². The second kappa shape index (κ2) is 7.72. The highest BCUT2D eigenvalue weighted by Crippen LogP contribution is 2.42. The Morgan fingerprint density at radius 2 is 2.10 bits per heavy atom. The van der Waals surface area contributed by atoms with Gasteiger partial charge < -0.3 is 19.5 Å². The second-order valence-electron chi connectivity index (χ2n) is 7.56. The molecule has 0 spiro atoms. The Bertz CT molecular complexity index is 1080. The van der Waals surface area contributed by atoms with Crippen molar-refractivity contribution in [2.45, 2.75) is 39.8 Å². The Balaban J connectivity index is 1.50. The lowest BCUT2D eigenvalue weighted by atomic mass is 10.0. The number of carbonyl (C=O) groups excluding carboxylic acids is 1. The number of fused-ring (bicyclic) bond motifs is 3. The van der Waals surface area contributed by atoms with E-state index in [1.54, 1.807) is 11.3 Å². The van der Waals surface area contributed by atoms with E-state index in [0.29, 0.717) is 24.0 Å². The molecule has 5 rings (SSSR count). The summed E-state index contributed by atoms with van der Waals surface area (Å²) in [5.74, 6) is 1.19. The summed E-state index contributed by atoms with van der Waals surface area (Å²) in [5, 5.41) is 4.95. The van der Waals surface area contributed by atoms with Crippen molar-refractivity contribution in [3.05, 3.63) is 28.1 Å². The summed E-state index contributed by atoms with van der Waals surface area (Å²) < 4.78 is 17.3. The van der Waals surface area contributed by atoms with Crippen LogP contribution in [0.4, 0.5) is 10.1 Å². The van der Waals surface area contributed by atoms with Crippen LogP contribution in [0.5, 0.6) is 11.5 Å². The molecule has 9 heteroatoms. The number of thiazole rings is 1. The number of esters is 1. The lowest BCUT2D eigenvalue weighted by Gasteiger charge is -2.30. The smallest absolute Gasteiger partial charge is 0.341 e. The van der Waals surface area contributed by atoms with Gasteiger partial charge in [-0.25, -0.2) is 9.78 Å². The normalized spacial score (nSPS) is 15.6. The summed E-state index contributed by atoms with van der Waals surface area (Å²) in [6, 6.07) is 4.32. The average molecular weight is 446 g/mol. The van der Waals surface area contributed by atoms with Crippen molar-refractivity contribution in [2.75, 3.05) is 25.3 Å². The first kappa shape index (κ1) is 19.6. The number of benzene rings is 1. The van der Waals surface area contributed by atoms with E-state index in [-0.39, 0.29) is 12.8 Å². The number of anilines is 2. The van der Waals surface area contributed by atoms with Crippen LogP contribution in [-0.4, -0.2) is 41.8 Å². The zero-order valence-electron chi connectivity index (χ0n) is 17.1. The van der Waals surface area contributed by atoms with Gasteiger partial charge in [0.15, 0.2) is 16.6 Å². The van der Waals surface area contributed by atoms with Gasteiger partial charge in [0.25, 0.3) is 0 Å². The monoisotopic (exact) mass is 445 g/mol. The van der Waals surface area contributed by atoms with Crippen molar-refractivity contribution in [1.82, 2.24) is 9.88 Å². The van der Waals surface area contributed by atoms with E-state index >= 15 is 0 Å². The van der Waals surface area contributed by atoms with Crippen molar-refractivity contribution in [3.8, 4) is 11.5 Å². The molecular weight excluding hydrogens is 422 g/mol. The molecule has 7 nitrogen and oxygen atoms in total. The largest absolute Gasteiger partial charge is 0.462 e. The van der Waals surface area contributed by atoms with Gasteiger partial charge >= 0.3 is 5.97 Å². The van der Waals surface area contributed by atoms with Crippen molar-refractivity contribution >= 4 is 49.0 Å². The summed E-state index contributed by atoms with van der Waals surface area (Å²) in [4.78, 5) is 21.1. The molecule has 0 aliphatic carbocycles. The third-order valence-electron chi connectivity index (χ3n) is 5.40. The predicted molar refractivity (Wildman–Crippen MR) is 119 cm³/mol. The first-order valence-electron chi connectivity index (χ1n) is 10.1. The van der Waals surface area contributed by atoms with E-state index in [2.05, 4.69) is 24.1 Å². The molecule has 0 saturated carbocycles. The zero-order chi connectivity index (χ0) is 20.8. The van der Waals surface area contributed by atoms with E-state index < -0.39 is 0 Å². The fourth-order valence-corrected chi connectivity index (χ4v) is 6.05. The number of carbonyl (C=O) groups is 1. The van der Waals surface area contributed by atoms with Crippen molar-refractivity contribution < 1.29 is 19.0 Å². The highest BCUT2D eigenvalue weighted by Gasteiger charge is 2.30. The van der Waals surface area contributed by atoms with E-state index in [4.69, 9.17) is 19.2 Å². The molecule has 2 aliphatic heterocycles. The summed E-state index contributed by atoms with van der Waals surface area (Å²) in [6.45, 7) is 8.64. The van der Waals surface area contributed by atoms with Crippen LogP contribution in [0.3, 0.4) is 0 Å². The fraction of sp³-hybridized carbons (Fsp3) is 0.429. The van der Waals surface area contributed by atoms with Crippen molar-refractivity contribution in [2.24, 2.45) is 0 Å². The summed E-state index contributed by atoms with van der Waals surface area (Å²) in [6.07, 6.45) is 0.848. The maximum absolute atomic E-state index is 12.8. The molecule has 0 unspecified atom stereocenters. The van der Waals surface area contributed by atoms with Crippen LogP contribution in [0, 0.1) is 0 Å². The minimum atomic E-state index is -0.266. The van der Waals surface area contributed by atoms with Gasteiger partial charge in [-0.3, -0.25) is 4.90 Å². The molecule has 0 fully saturated rings. The minimum absolute atomic E-state index is 0.245. The van der Waals surface area contributed by atoms with Gasteiger partial charge in [-0.2, -0.15) is 0 Å². The van der Waals surface area contributed by atoms with Gasteiger partial charge in [-0.05, 0) is 32.8 Å². The second-order valence-corrected chi connectivity index (χ2v) is 9.70. The quantitative estimate of drug-likeness (QED) is 0.567. The average Bonchev–Trinajstić information content (AvgIpc) is 3.40. The molecule has 2 aliphatic rings. The van der Waals surface area contributed by atoms with Crippen LogP contribution >= 0.6 is 22.7 Å². The number of thiophene rings is 1. The van der Waals surface area contributed by atoms with Crippen LogP contribution in [0.15, 0.2) is 12.1 Å².